The van der Waals surface area contributed by atoms with Crippen molar-refractivity contribution in [2.24, 2.45) is 0 Å². The fraction of sp³-hybridized carbons (Fsp3) is 1.00. The van der Waals surface area contributed by atoms with E-state index in [9.17, 15) is 0 Å². The Morgan fingerprint density at radius 1 is 0.348 bits per heavy atom. The third-order valence-electron chi connectivity index (χ3n) is 4.46. The third kappa shape index (κ3) is 30.4. The predicted octanol–water partition coefficient (Wildman–Crippen LogP) is 7.88. The van der Waals surface area contributed by atoms with Crippen molar-refractivity contribution in [3.8, 4) is 0 Å². The molecule has 0 saturated carbocycles. The Morgan fingerprint density at radius 2 is 0.478 bits per heavy atom. The summed E-state index contributed by atoms with van der Waals surface area (Å²) in [4.78, 5) is 0. The van der Waals surface area contributed by atoms with Crippen molar-refractivity contribution in [2.75, 3.05) is 14.1 Å². The zero-order chi connectivity index (χ0) is 17.4. The molecule has 0 aliphatic heterocycles. The molecule has 0 aliphatic rings. The van der Waals surface area contributed by atoms with E-state index in [0.717, 1.165) is 0 Å². The Kier molecular flexibility index (Phi) is 29.4. The molecule has 0 unspecified atom stereocenters. The summed E-state index contributed by atoms with van der Waals surface area (Å²) in [5, 5.41) is 2.75. The van der Waals surface area contributed by atoms with Gasteiger partial charge in [0, 0.05) is 0 Å². The van der Waals surface area contributed by atoms with Crippen LogP contribution in [0.2, 0.25) is 0 Å². The van der Waals surface area contributed by atoms with Gasteiger partial charge in [-0.05, 0) is 14.1 Å². The summed E-state index contributed by atoms with van der Waals surface area (Å²) in [6.45, 7) is 4.59. The van der Waals surface area contributed by atoms with Crippen LogP contribution in [0.15, 0.2) is 0 Å². The molecule has 0 aromatic heterocycles. The van der Waals surface area contributed by atoms with Crippen molar-refractivity contribution in [1.29, 1.82) is 0 Å². The van der Waals surface area contributed by atoms with Crippen molar-refractivity contribution >= 4 is 0 Å². The van der Waals surface area contributed by atoms with Crippen molar-refractivity contribution in [2.45, 2.75) is 129 Å². The van der Waals surface area contributed by atoms with Gasteiger partial charge in [0.05, 0.1) is 0 Å². The third-order valence-corrected chi connectivity index (χ3v) is 4.46. The lowest BCUT2D eigenvalue weighted by Crippen LogP contribution is -1.89. The van der Waals surface area contributed by atoms with Gasteiger partial charge >= 0.3 is 0 Å². The van der Waals surface area contributed by atoms with E-state index < -0.39 is 0 Å². The Balaban J connectivity index is 0. The van der Waals surface area contributed by atoms with E-state index in [0.29, 0.717) is 0 Å². The van der Waals surface area contributed by atoms with Crippen molar-refractivity contribution in [1.82, 2.24) is 5.32 Å². The van der Waals surface area contributed by atoms with Crippen LogP contribution in [-0.4, -0.2) is 14.1 Å². The molecule has 0 radical (unpaired) electrons. The molecule has 0 bridgehead atoms. The Hall–Kier alpha value is -0.0400. The molecule has 1 nitrogen and oxygen atoms in total. The van der Waals surface area contributed by atoms with E-state index in [2.05, 4.69) is 19.2 Å². The number of hydrogen-bond acceptors (Lipinski definition) is 1. The second-order valence-electron chi connectivity index (χ2n) is 7.16. The zero-order valence-electron chi connectivity index (χ0n) is 17.2. The summed E-state index contributed by atoms with van der Waals surface area (Å²) in [5.41, 5.74) is 0. The Bertz CT molecular complexity index is 149. The summed E-state index contributed by atoms with van der Waals surface area (Å²) >= 11 is 0. The molecule has 1 heteroatoms. The first kappa shape index (κ1) is 25.2. The molecule has 23 heavy (non-hydrogen) atoms. The first-order valence-corrected chi connectivity index (χ1v) is 10.9. The number of hydrogen-bond donors (Lipinski definition) is 1. The van der Waals surface area contributed by atoms with Crippen LogP contribution in [0.5, 0.6) is 0 Å². The molecular weight excluding hydrogens is 278 g/mol. The quantitative estimate of drug-likeness (QED) is 0.268. The molecule has 0 atom stereocenters. The van der Waals surface area contributed by atoms with Crippen LogP contribution in [-0.2, 0) is 0 Å². The predicted molar refractivity (Wildman–Crippen MR) is 109 cm³/mol. The number of unbranched alkanes of at least 4 members (excludes halogenated alkanes) is 17. The molecule has 0 spiro atoms. The largest absolute Gasteiger partial charge is 0.323 e. The molecule has 1 N–H and O–H groups in total. The highest BCUT2D eigenvalue weighted by atomic mass is 14.7. The van der Waals surface area contributed by atoms with Crippen LogP contribution in [0.3, 0.4) is 0 Å². The van der Waals surface area contributed by atoms with Crippen LogP contribution < -0.4 is 5.32 Å². The lowest BCUT2D eigenvalue weighted by atomic mass is 10.0. The van der Waals surface area contributed by atoms with Crippen LogP contribution >= 0.6 is 0 Å². The van der Waals surface area contributed by atoms with Crippen LogP contribution in [0.4, 0.5) is 0 Å². The van der Waals surface area contributed by atoms with Gasteiger partial charge in [0.25, 0.3) is 0 Å². The van der Waals surface area contributed by atoms with Crippen LogP contribution in [0, 0.1) is 0 Å². The fourth-order valence-corrected chi connectivity index (χ4v) is 2.97. The smallest absolute Gasteiger partial charge is 0.0167 e. The number of rotatable bonds is 17. The summed E-state index contributed by atoms with van der Waals surface area (Å²) in [6, 6.07) is 0. The molecular formula is C22H49N. The first-order chi connectivity index (χ1) is 11.3. The van der Waals surface area contributed by atoms with Crippen LogP contribution in [0.25, 0.3) is 0 Å². The summed E-state index contributed by atoms with van der Waals surface area (Å²) < 4.78 is 0. The van der Waals surface area contributed by atoms with Gasteiger partial charge in [-0.15, -0.1) is 0 Å². The van der Waals surface area contributed by atoms with Gasteiger partial charge in [-0.25, -0.2) is 0 Å². The summed E-state index contributed by atoms with van der Waals surface area (Å²) in [6.07, 6.45) is 26.4. The lowest BCUT2D eigenvalue weighted by molar-refractivity contribution is 0.526. The second kappa shape index (κ2) is 26.8. The molecule has 0 heterocycles. The van der Waals surface area contributed by atoms with E-state index in [1.54, 1.807) is 0 Å². The van der Waals surface area contributed by atoms with E-state index in [-0.39, 0.29) is 0 Å². The highest BCUT2D eigenvalue weighted by molar-refractivity contribution is 4.49. The van der Waals surface area contributed by atoms with E-state index in [4.69, 9.17) is 0 Å². The van der Waals surface area contributed by atoms with Crippen molar-refractivity contribution in [3.05, 3.63) is 0 Å². The monoisotopic (exact) mass is 327 g/mol. The van der Waals surface area contributed by atoms with Gasteiger partial charge in [0.1, 0.15) is 0 Å². The van der Waals surface area contributed by atoms with Crippen molar-refractivity contribution < 1.29 is 0 Å². The maximum atomic E-state index is 2.75. The van der Waals surface area contributed by atoms with Gasteiger partial charge in [0.2, 0.25) is 0 Å². The van der Waals surface area contributed by atoms with Crippen molar-refractivity contribution in [3.63, 3.8) is 0 Å². The minimum Gasteiger partial charge on any atom is -0.323 e. The van der Waals surface area contributed by atoms with Gasteiger partial charge in [-0.3, -0.25) is 0 Å². The van der Waals surface area contributed by atoms with E-state index in [1.807, 2.05) is 14.1 Å². The highest BCUT2D eigenvalue weighted by Crippen LogP contribution is 2.14. The lowest BCUT2D eigenvalue weighted by Gasteiger charge is -2.03. The van der Waals surface area contributed by atoms with Gasteiger partial charge < -0.3 is 5.32 Å². The Morgan fingerprint density at radius 3 is 0.609 bits per heavy atom. The molecule has 0 aromatic rings. The maximum Gasteiger partial charge on any atom is -0.0167 e. The fourth-order valence-electron chi connectivity index (χ4n) is 2.97. The molecule has 142 valence electrons. The molecule has 0 aromatic carbocycles. The highest BCUT2D eigenvalue weighted by Gasteiger charge is 1.94. The maximum absolute atomic E-state index is 2.75. The average Bonchev–Trinajstić information content (AvgIpc) is 2.55. The summed E-state index contributed by atoms with van der Waals surface area (Å²) in [7, 11) is 3.75. The van der Waals surface area contributed by atoms with Gasteiger partial charge in [0.15, 0.2) is 0 Å². The van der Waals surface area contributed by atoms with Gasteiger partial charge in [-0.1, -0.05) is 129 Å². The molecule has 0 amide bonds. The second-order valence-corrected chi connectivity index (χ2v) is 7.16. The minimum absolute atomic E-state index is 1.37. The summed E-state index contributed by atoms with van der Waals surface area (Å²) in [5.74, 6) is 0. The molecule has 0 aliphatic carbocycles. The number of nitrogens with one attached hydrogen (secondary N) is 1. The molecule has 0 fully saturated rings. The Labute approximate surface area is 149 Å². The van der Waals surface area contributed by atoms with Crippen LogP contribution in [0.1, 0.15) is 129 Å². The zero-order valence-corrected chi connectivity index (χ0v) is 17.2. The van der Waals surface area contributed by atoms with Gasteiger partial charge in [-0.2, -0.15) is 0 Å². The first-order valence-electron chi connectivity index (χ1n) is 10.9. The molecule has 0 saturated heterocycles. The minimum atomic E-state index is 1.37. The topological polar surface area (TPSA) is 12.0 Å². The SMILES string of the molecule is CCCCCCCCCCCCCCCCCCCC.CNC. The normalized spacial score (nSPS) is 10.4. The van der Waals surface area contributed by atoms with E-state index in [1.165, 1.54) is 116 Å². The molecule has 0 rings (SSSR count). The van der Waals surface area contributed by atoms with E-state index >= 15 is 0 Å². The average molecular weight is 328 g/mol. The standard InChI is InChI=1S/C20H42.C2H7N/c1-3-5-7-9-11-13-15-17-19-20-18-16-14-12-10-8-6-4-2;1-3-2/h3-20H2,1-2H3;3H,1-2H3.